The highest BCUT2D eigenvalue weighted by Crippen LogP contribution is 2.56. The Morgan fingerprint density at radius 3 is 1.51 bits per heavy atom. The Labute approximate surface area is 378 Å². The molecule has 15 rings (SSSR count). The highest BCUT2D eigenvalue weighted by atomic mass is 32.1. The number of fused-ring (bicyclic) bond motifs is 15. The molecular formula is C61H37N3S. The Bertz CT molecular complexity index is 4200. The summed E-state index contributed by atoms with van der Waals surface area (Å²) in [6.45, 7) is 0. The number of anilines is 3. The van der Waals surface area contributed by atoms with Crippen molar-refractivity contribution < 1.29 is 0 Å². The minimum atomic E-state index is -0.473. The van der Waals surface area contributed by atoms with Gasteiger partial charge in [0.15, 0.2) is 0 Å². The fourth-order valence-corrected chi connectivity index (χ4v) is 13.0. The van der Waals surface area contributed by atoms with Gasteiger partial charge in [-0.05, 0) is 94.0 Å². The van der Waals surface area contributed by atoms with Crippen LogP contribution in [-0.2, 0) is 5.41 Å². The quantitative estimate of drug-likeness (QED) is 0.157. The fourth-order valence-electron chi connectivity index (χ4n) is 11.9. The monoisotopic (exact) mass is 843 g/mol. The maximum Gasteiger partial charge on any atom is 0.0789 e. The first-order chi connectivity index (χ1) is 32.3. The zero-order valence-electron chi connectivity index (χ0n) is 35.1. The predicted molar refractivity (Wildman–Crippen MR) is 274 cm³/mol. The van der Waals surface area contributed by atoms with E-state index in [4.69, 9.17) is 0 Å². The number of para-hydroxylation sites is 2. The summed E-state index contributed by atoms with van der Waals surface area (Å²) in [6, 6.07) is 83.9. The number of hydrogen-bond acceptors (Lipinski definition) is 2. The van der Waals surface area contributed by atoms with Crippen molar-refractivity contribution in [1.82, 2.24) is 8.80 Å². The number of nitrogens with zero attached hydrogens (tertiary/aromatic N) is 3. The maximum absolute atomic E-state index is 2.53. The zero-order valence-corrected chi connectivity index (χ0v) is 35.9. The summed E-state index contributed by atoms with van der Waals surface area (Å²) >= 11 is 1.87. The van der Waals surface area contributed by atoms with Crippen LogP contribution in [0.25, 0.3) is 85.9 Å². The Kier molecular flexibility index (Phi) is 7.03. The molecule has 3 nitrogen and oxygen atoms in total. The lowest BCUT2D eigenvalue weighted by atomic mass is 9.68. The van der Waals surface area contributed by atoms with Gasteiger partial charge in [0.05, 0.1) is 38.5 Å². The molecule has 0 aliphatic heterocycles. The first-order valence-electron chi connectivity index (χ1n) is 22.4. The molecule has 14 aromatic rings. The minimum absolute atomic E-state index is 0.473. The number of rotatable bonds is 5. The van der Waals surface area contributed by atoms with Gasteiger partial charge in [0.2, 0.25) is 0 Å². The van der Waals surface area contributed by atoms with Gasteiger partial charge in [-0.3, -0.25) is 0 Å². The van der Waals surface area contributed by atoms with Crippen molar-refractivity contribution in [1.29, 1.82) is 0 Å². The molecule has 10 aromatic carbocycles. The van der Waals surface area contributed by atoms with Crippen LogP contribution in [0.1, 0.15) is 22.3 Å². The molecule has 4 heterocycles. The largest absolute Gasteiger partial charge is 0.310 e. The van der Waals surface area contributed by atoms with Crippen molar-refractivity contribution in [2.45, 2.75) is 5.41 Å². The molecule has 0 spiro atoms. The van der Waals surface area contributed by atoms with Gasteiger partial charge in [0, 0.05) is 58.8 Å². The van der Waals surface area contributed by atoms with Crippen LogP contribution in [0.2, 0.25) is 0 Å². The number of benzene rings is 10. The van der Waals surface area contributed by atoms with E-state index in [1.165, 1.54) is 108 Å². The molecule has 0 saturated carbocycles. The summed E-state index contributed by atoms with van der Waals surface area (Å²) in [6.07, 6.45) is 0. The predicted octanol–water partition coefficient (Wildman–Crippen LogP) is 16.4. The van der Waals surface area contributed by atoms with Crippen molar-refractivity contribution in [3.63, 3.8) is 0 Å². The zero-order chi connectivity index (χ0) is 42.4. The normalized spacial score (nSPS) is 13.4. The summed E-state index contributed by atoms with van der Waals surface area (Å²) in [5.41, 5.74) is 17.9. The van der Waals surface area contributed by atoms with Crippen molar-refractivity contribution in [2.24, 2.45) is 0 Å². The van der Waals surface area contributed by atoms with Crippen LogP contribution < -0.4 is 4.90 Å². The third-order valence-electron chi connectivity index (χ3n) is 14.5. The third-order valence-corrected chi connectivity index (χ3v) is 15.6. The molecule has 1 aliphatic rings. The second kappa shape index (κ2) is 12.9. The molecule has 0 atom stereocenters. The van der Waals surface area contributed by atoms with E-state index in [-0.39, 0.29) is 0 Å². The fraction of sp³-hybridized carbons (Fsp3) is 0.0164. The Balaban J connectivity index is 1.00. The van der Waals surface area contributed by atoms with E-state index in [9.17, 15) is 0 Å². The summed E-state index contributed by atoms with van der Waals surface area (Å²) in [5, 5.41) is 7.70. The lowest BCUT2D eigenvalue weighted by Gasteiger charge is -2.34. The second-order valence-corrected chi connectivity index (χ2v) is 18.7. The first-order valence-corrected chi connectivity index (χ1v) is 23.2. The van der Waals surface area contributed by atoms with E-state index in [1.807, 2.05) is 11.3 Å². The van der Waals surface area contributed by atoms with E-state index in [2.05, 4.69) is 238 Å². The van der Waals surface area contributed by atoms with Gasteiger partial charge in [0.25, 0.3) is 0 Å². The molecule has 4 heteroatoms. The van der Waals surface area contributed by atoms with Crippen LogP contribution in [0.4, 0.5) is 17.1 Å². The molecular weight excluding hydrogens is 807 g/mol. The molecule has 1 aliphatic carbocycles. The van der Waals surface area contributed by atoms with Crippen LogP contribution >= 0.6 is 11.3 Å². The lowest BCUT2D eigenvalue weighted by molar-refractivity contribution is 0.768. The molecule has 65 heavy (non-hydrogen) atoms. The van der Waals surface area contributed by atoms with E-state index in [0.29, 0.717) is 0 Å². The number of hydrogen-bond donors (Lipinski definition) is 0. The Morgan fingerprint density at radius 1 is 0.323 bits per heavy atom. The van der Waals surface area contributed by atoms with Gasteiger partial charge in [-0.25, -0.2) is 0 Å². The average Bonchev–Trinajstić information content (AvgIpc) is 4.10. The molecule has 0 fully saturated rings. The molecule has 302 valence electrons. The summed E-state index contributed by atoms with van der Waals surface area (Å²) in [7, 11) is 0. The summed E-state index contributed by atoms with van der Waals surface area (Å²) < 4.78 is 7.62. The topological polar surface area (TPSA) is 12.1 Å². The van der Waals surface area contributed by atoms with Crippen molar-refractivity contribution in [3.8, 4) is 11.1 Å². The maximum atomic E-state index is 2.53. The van der Waals surface area contributed by atoms with Crippen molar-refractivity contribution >= 4 is 103 Å². The highest BCUT2D eigenvalue weighted by molar-refractivity contribution is 7.25. The third kappa shape index (κ3) is 4.58. The molecule has 0 bridgehead atoms. The van der Waals surface area contributed by atoms with Crippen LogP contribution in [0.5, 0.6) is 0 Å². The smallest absolute Gasteiger partial charge is 0.0789 e. The van der Waals surface area contributed by atoms with Crippen molar-refractivity contribution in [3.05, 3.63) is 247 Å². The molecule has 0 N–H and O–H groups in total. The van der Waals surface area contributed by atoms with Gasteiger partial charge < -0.3 is 13.7 Å². The van der Waals surface area contributed by atoms with Gasteiger partial charge in [-0.2, -0.15) is 0 Å². The van der Waals surface area contributed by atoms with Crippen molar-refractivity contribution in [2.75, 3.05) is 4.90 Å². The highest BCUT2D eigenvalue weighted by Gasteiger charge is 2.45. The molecule has 0 unspecified atom stereocenters. The standard InChI is InChI=1S/C61H37N3S/c1-2-14-38(15-3-1)61(51-21-9-4-16-43(51)44-17-5-10-22-52(44)61)39-26-28-40(29-27-39)62(42-30-32-48-47-20-8-13-25-57(47)65-58(48)37-42)41-31-35-55-56(36-41)64-54-24-12-7-19-46(54)50-34-33-49-45-18-6-11-23-53(45)63(55)59(49)60(50)64/h1-37H. The van der Waals surface area contributed by atoms with Crippen LogP contribution in [0.15, 0.2) is 224 Å². The van der Waals surface area contributed by atoms with Gasteiger partial charge in [-0.15, -0.1) is 11.3 Å². The summed E-state index contributed by atoms with van der Waals surface area (Å²) in [5.74, 6) is 0. The van der Waals surface area contributed by atoms with Crippen LogP contribution in [0, 0.1) is 0 Å². The van der Waals surface area contributed by atoms with Crippen LogP contribution in [0.3, 0.4) is 0 Å². The average molecular weight is 844 g/mol. The van der Waals surface area contributed by atoms with Crippen LogP contribution in [-0.4, -0.2) is 8.80 Å². The molecule has 0 amide bonds. The van der Waals surface area contributed by atoms with E-state index in [0.717, 1.165) is 17.1 Å². The Morgan fingerprint density at radius 2 is 0.815 bits per heavy atom. The first kappa shape index (κ1) is 35.3. The minimum Gasteiger partial charge on any atom is -0.310 e. The Hall–Kier alpha value is -8.18. The second-order valence-electron chi connectivity index (χ2n) is 17.6. The van der Waals surface area contributed by atoms with Gasteiger partial charge in [-0.1, -0.05) is 164 Å². The van der Waals surface area contributed by atoms with E-state index in [1.54, 1.807) is 0 Å². The van der Waals surface area contributed by atoms with Gasteiger partial charge >= 0.3 is 0 Å². The van der Waals surface area contributed by atoms with E-state index >= 15 is 0 Å². The lowest BCUT2D eigenvalue weighted by Crippen LogP contribution is -2.28. The molecule has 0 saturated heterocycles. The van der Waals surface area contributed by atoms with E-state index < -0.39 is 5.41 Å². The SMILES string of the molecule is c1ccc(C2(c3ccc(N(c4ccc5c(c4)sc4ccccc45)c4ccc5c(c4)n4c6ccccc6c6ccc7c8ccccc8n5c7c64)cc3)c3ccccc3-c3ccccc32)cc1. The summed E-state index contributed by atoms with van der Waals surface area (Å²) in [4.78, 5) is 2.46. The molecule has 4 aromatic heterocycles. The molecule has 0 radical (unpaired) electrons. The van der Waals surface area contributed by atoms with Gasteiger partial charge in [0.1, 0.15) is 0 Å². The number of thiophene rings is 1. The number of aromatic nitrogens is 2.